The van der Waals surface area contributed by atoms with Crippen LogP contribution in [0.25, 0.3) is 16.7 Å². The third-order valence-electron chi connectivity index (χ3n) is 12.2. The van der Waals surface area contributed by atoms with Gasteiger partial charge in [-0.15, -0.1) is 15.0 Å². The number of esters is 2. The van der Waals surface area contributed by atoms with E-state index in [1.54, 1.807) is 0 Å². The van der Waals surface area contributed by atoms with Crippen molar-refractivity contribution in [1.82, 2.24) is 15.0 Å². The Morgan fingerprint density at radius 1 is 0.667 bits per heavy atom. The first kappa shape index (κ1) is 49.0. The van der Waals surface area contributed by atoms with E-state index in [1.807, 2.05) is 36.4 Å². The Hall–Kier alpha value is -3.68. The summed E-state index contributed by atoms with van der Waals surface area (Å²) in [7, 11) is 0. The van der Waals surface area contributed by atoms with Crippen LogP contribution in [0.5, 0.6) is 5.75 Å². The second-order valence-corrected chi connectivity index (χ2v) is 18.6. The maximum Gasteiger partial charge on any atom is 0.306 e. The minimum atomic E-state index is -0.321. The van der Waals surface area contributed by atoms with E-state index in [-0.39, 0.29) is 41.7 Å². The number of allylic oxidation sites excluding steroid dienone is 2. The molecule has 3 aromatic rings. The molecule has 60 heavy (non-hydrogen) atoms. The fraction of sp³-hybridized carbons (Fsp3) is 0.692. The maximum atomic E-state index is 13.3. The lowest BCUT2D eigenvalue weighted by Gasteiger charge is -2.23. The number of carbonyl (C=O) groups is 2. The molecular weight excluding hydrogens is 747 g/mol. The van der Waals surface area contributed by atoms with Gasteiger partial charge in [0.2, 0.25) is 0 Å². The average Bonchev–Trinajstić information content (AvgIpc) is 3.65. The van der Waals surface area contributed by atoms with Crippen molar-refractivity contribution in [3.63, 3.8) is 0 Å². The number of phenols is 1. The van der Waals surface area contributed by atoms with Crippen molar-refractivity contribution in [3.8, 4) is 11.4 Å². The van der Waals surface area contributed by atoms with Gasteiger partial charge in [0, 0.05) is 18.4 Å². The zero-order chi connectivity index (χ0) is 42.8. The second-order valence-electron chi connectivity index (χ2n) is 18.6. The molecule has 0 radical (unpaired) electrons. The molecule has 2 unspecified atom stereocenters. The van der Waals surface area contributed by atoms with Gasteiger partial charge in [0.1, 0.15) is 34.7 Å². The standard InChI is InChI=1S/C52H81N3O5/c1-5-6-7-8-9-10-11-12-13-14-15-16-17-22-28-37-49(56)59-43-31-24-20-18-19-21-25-32-44(34-27-23-26-33-43)60-50(57)39-38-42-40-45(52(2,3)4)51(58)48(41-42)55-53-46-35-29-30-36-47(46)54-55/h11-12,29-30,35-36,40-41,43-44,58H,5-10,13-28,31-34,37-39H2,1-4H3. The molecule has 0 bridgehead atoms. The number of hydrogen-bond acceptors (Lipinski definition) is 7. The zero-order valence-corrected chi connectivity index (χ0v) is 38.2. The number of hydrogen-bond donors (Lipinski definition) is 1. The van der Waals surface area contributed by atoms with Crippen molar-refractivity contribution in [2.45, 2.75) is 232 Å². The van der Waals surface area contributed by atoms with E-state index in [2.05, 4.69) is 50.0 Å². The quantitative estimate of drug-likeness (QED) is 0.0648. The van der Waals surface area contributed by atoms with Crippen molar-refractivity contribution in [2.24, 2.45) is 0 Å². The number of aromatic hydroxyl groups is 1. The molecule has 1 heterocycles. The molecule has 1 aliphatic carbocycles. The summed E-state index contributed by atoms with van der Waals surface area (Å²) in [4.78, 5) is 27.7. The molecule has 1 aromatic heterocycles. The highest BCUT2D eigenvalue weighted by atomic mass is 16.5. The summed E-state index contributed by atoms with van der Waals surface area (Å²) in [5.41, 5.74) is 3.44. The number of ether oxygens (including phenoxy) is 2. The normalized spacial score (nSPS) is 17.7. The molecule has 334 valence electrons. The van der Waals surface area contributed by atoms with E-state index in [9.17, 15) is 14.7 Å². The van der Waals surface area contributed by atoms with Crippen molar-refractivity contribution in [2.75, 3.05) is 0 Å². The highest BCUT2D eigenvalue weighted by Gasteiger charge is 2.24. The molecule has 0 aliphatic heterocycles. The van der Waals surface area contributed by atoms with Crippen LogP contribution >= 0.6 is 0 Å². The van der Waals surface area contributed by atoms with Crippen LogP contribution < -0.4 is 0 Å². The highest BCUT2D eigenvalue weighted by Crippen LogP contribution is 2.37. The van der Waals surface area contributed by atoms with Crippen LogP contribution in [0, 0.1) is 0 Å². The lowest BCUT2D eigenvalue weighted by molar-refractivity contribution is -0.150. The summed E-state index contributed by atoms with van der Waals surface area (Å²) in [6.07, 6.45) is 35.8. The van der Waals surface area contributed by atoms with Crippen LogP contribution in [0.3, 0.4) is 0 Å². The summed E-state index contributed by atoms with van der Waals surface area (Å²) < 4.78 is 12.2. The van der Waals surface area contributed by atoms with Crippen LogP contribution in [0.4, 0.5) is 0 Å². The van der Waals surface area contributed by atoms with Gasteiger partial charge in [-0.1, -0.05) is 142 Å². The summed E-state index contributed by atoms with van der Waals surface area (Å²) in [5.74, 6) is -0.0382. The fourth-order valence-electron chi connectivity index (χ4n) is 8.49. The van der Waals surface area contributed by atoms with Crippen LogP contribution in [-0.4, -0.2) is 44.2 Å². The van der Waals surface area contributed by atoms with Crippen LogP contribution in [-0.2, 0) is 30.9 Å². The smallest absolute Gasteiger partial charge is 0.306 e. The van der Waals surface area contributed by atoms with E-state index in [0.717, 1.165) is 99.2 Å². The third kappa shape index (κ3) is 18.9. The summed E-state index contributed by atoms with van der Waals surface area (Å²) in [5, 5.41) is 20.6. The van der Waals surface area contributed by atoms with Crippen molar-refractivity contribution in [1.29, 1.82) is 0 Å². The van der Waals surface area contributed by atoms with E-state index in [1.165, 1.54) is 94.7 Å². The van der Waals surface area contributed by atoms with E-state index < -0.39 is 0 Å². The van der Waals surface area contributed by atoms with Gasteiger partial charge in [-0.05, 0) is 119 Å². The largest absolute Gasteiger partial charge is 0.505 e. The van der Waals surface area contributed by atoms with Gasteiger partial charge in [0.05, 0.1) is 0 Å². The van der Waals surface area contributed by atoms with Crippen LogP contribution in [0.15, 0.2) is 48.6 Å². The van der Waals surface area contributed by atoms with Gasteiger partial charge in [-0.25, -0.2) is 0 Å². The molecule has 4 rings (SSSR count). The Morgan fingerprint density at radius 3 is 1.67 bits per heavy atom. The summed E-state index contributed by atoms with van der Waals surface area (Å²) >= 11 is 0. The molecule has 1 N–H and O–H groups in total. The molecular formula is C52H81N3O5. The van der Waals surface area contributed by atoms with E-state index >= 15 is 0 Å². The van der Waals surface area contributed by atoms with Gasteiger partial charge >= 0.3 is 11.9 Å². The summed E-state index contributed by atoms with van der Waals surface area (Å²) in [6, 6.07) is 11.6. The monoisotopic (exact) mass is 828 g/mol. The first-order chi connectivity index (χ1) is 29.1. The van der Waals surface area contributed by atoms with Gasteiger partial charge in [-0.3, -0.25) is 9.59 Å². The number of fused-ring (bicyclic) bond motifs is 1. The van der Waals surface area contributed by atoms with Gasteiger partial charge in [-0.2, -0.15) is 0 Å². The second kappa shape index (κ2) is 28.0. The average molecular weight is 828 g/mol. The van der Waals surface area contributed by atoms with E-state index in [4.69, 9.17) is 9.47 Å². The molecule has 1 aliphatic rings. The SMILES string of the molecule is CCCCCCCC=CCCCCCCCCC(=O)OC1CCCCCCCCC(OC(=O)CCc2cc(-n3nc4ccccc4n3)c(O)c(C(C)(C)C)c2)CCCCC1. The molecule has 2 atom stereocenters. The number of phenolic OH excluding ortho intramolecular Hbond substituents is 1. The first-order valence-corrected chi connectivity index (χ1v) is 24.4. The summed E-state index contributed by atoms with van der Waals surface area (Å²) in [6.45, 7) is 8.48. The molecule has 0 saturated heterocycles. The Kier molecular flexibility index (Phi) is 22.9. The molecule has 0 spiro atoms. The Labute approximate surface area is 363 Å². The molecule has 8 heteroatoms. The van der Waals surface area contributed by atoms with Gasteiger partial charge < -0.3 is 14.6 Å². The fourth-order valence-corrected chi connectivity index (χ4v) is 8.49. The molecule has 2 aromatic carbocycles. The Morgan fingerprint density at radius 2 is 1.13 bits per heavy atom. The van der Waals surface area contributed by atoms with Crippen LogP contribution in [0.2, 0.25) is 0 Å². The zero-order valence-electron chi connectivity index (χ0n) is 38.2. The predicted molar refractivity (Wildman–Crippen MR) is 247 cm³/mol. The highest BCUT2D eigenvalue weighted by molar-refractivity contribution is 5.74. The number of aryl methyl sites for hydroxylation is 1. The number of carbonyl (C=O) groups excluding carboxylic acids is 2. The van der Waals surface area contributed by atoms with Crippen LogP contribution in [0.1, 0.15) is 219 Å². The minimum absolute atomic E-state index is 0.0167. The first-order valence-electron chi connectivity index (χ1n) is 24.4. The maximum absolute atomic E-state index is 13.3. The number of aromatic nitrogens is 3. The number of rotatable bonds is 21. The molecule has 8 nitrogen and oxygen atoms in total. The topological polar surface area (TPSA) is 104 Å². The Balaban J connectivity index is 1.16. The minimum Gasteiger partial charge on any atom is -0.505 e. The van der Waals surface area contributed by atoms with Gasteiger partial charge in [0.15, 0.2) is 0 Å². The van der Waals surface area contributed by atoms with Crippen molar-refractivity contribution < 1.29 is 24.2 Å². The number of nitrogens with zero attached hydrogens (tertiary/aromatic N) is 3. The molecule has 1 fully saturated rings. The predicted octanol–water partition coefficient (Wildman–Crippen LogP) is 14.3. The Bertz CT molecular complexity index is 1660. The van der Waals surface area contributed by atoms with E-state index in [0.29, 0.717) is 18.5 Å². The van der Waals surface area contributed by atoms with Gasteiger partial charge in [0.25, 0.3) is 0 Å². The number of unbranched alkanes of at least 4 members (excludes halogenated alkanes) is 11. The van der Waals surface area contributed by atoms with Crippen molar-refractivity contribution >= 4 is 23.0 Å². The lowest BCUT2D eigenvalue weighted by atomic mass is 9.84. The van der Waals surface area contributed by atoms with Crippen molar-refractivity contribution in [3.05, 3.63) is 59.7 Å². The lowest BCUT2D eigenvalue weighted by Crippen LogP contribution is -2.19. The molecule has 0 amide bonds. The third-order valence-corrected chi connectivity index (χ3v) is 12.2. The molecule has 1 saturated carbocycles. The number of benzene rings is 2.